The number of benzene rings is 2. The SMILES string of the molecule is CC(C)COc1c(Cl)cc(/C=C(\C#N)c2nc3ccccc3o2)cc1Cl. The average molecular weight is 387 g/mol. The molecule has 4 nitrogen and oxygen atoms in total. The summed E-state index contributed by atoms with van der Waals surface area (Å²) in [6.07, 6.45) is 1.63. The van der Waals surface area contributed by atoms with E-state index >= 15 is 0 Å². The second kappa shape index (κ2) is 7.82. The molecule has 0 saturated carbocycles. The molecular weight excluding hydrogens is 371 g/mol. The zero-order chi connectivity index (χ0) is 18.7. The van der Waals surface area contributed by atoms with Crippen LogP contribution in [0.1, 0.15) is 25.3 Å². The van der Waals surface area contributed by atoms with Gasteiger partial charge in [-0.3, -0.25) is 0 Å². The van der Waals surface area contributed by atoms with E-state index in [1.807, 2.05) is 32.0 Å². The van der Waals surface area contributed by atoms with Gasteiger partial charge >= 0.3 is 0 Å². The molecule has 0 aliphatic carbocycles. The summed E-state index contributed by atoms with van der Waals surface area (Å²) in [6, 6.07) is 12.8. The van der Waals surface area contributed by atoms with E-state index in [4.69, 9.17) is 32.4 Å². The van der Waals surface area contributed by atoms with Gasteiger partial charge in [0.25, 0.3) is 0 Å². The summed E-state index contributed by atoms with van der Waals surface area (Å²) in [7, 11) is 0. The van der Waals surface area contributed by atoms with Gasteiger partial charge in [0, 0.05) is 0 Å². The van der Waals surface area contributed by atoms with E-state index in [-0.39, 0.29) is 11.5 Å². The molecular formula is C20H16Cl2N2O2. The van der Waals surface area contributed by atoms with Crippen LogP contribution in [0.4, 0.5) is 0 Å². The van der Waals surface area contributed by atoms with Crippen LogP contribution in [0.3, 0.4) is 0 Å². The van der Waals surface area contributed by atoms with Gasteiger partial charge < -0.3 is 9.15 Å². The Morgan fingerprint density at radius 1 is 1.27 bits per heavy atom. The van der Waals surface area contributed by atoms with Gasteiger partial charge in [-0.15, -0.1) is 0 Å². The van der Waals surface area contributed by atoms with Crippen LogP contribution in [-0.4, -0.2) is 11.6 Å². The molecule has 0 fully saturated rings. The first kappa shape index (κ1) is 18.3. The first-order chi connectivity index (χ1) is 12.5. The van der Waals surface area contributed by atoms with Crippen molar-refractivity contribution in [2.24, 2.45) is 5.92 Å². The third kappa shape index (κ3) is 4.01. The lowest BCUT2D eigenvalue weighted by atomic mass is 10.1. The zero-order valence-corrected chi connectivity index (χ0v) is 15.8. The number of halogens is 2. The number of aromatic nitrogens is 1. The summed E-state index contributed by atoms with van der Waals surface area (Å²) in [4.78, 5) is 4.34. The molecule has 0 aliphatic heterocycles. The highest BCUT2D eigenvalue weighted by molar-refractivity contribution is 6.37. The van der Waals surface area contributed by atoms with Crippen LogP contribution >= 0.6 is 23.2 Å². The fraction of sp³-hybridized carbons (Fsp3) is 0.200. The maximum atomic E-state index is 9.50. The Labute approximate surface area is 161 Å². The normalized spacial score (nSPS) is 11.8. The molecule has 0 bridgehead atoms. The molecule has 3 aromatic rings. The molecule has 0 unspecified atom stereocenters. The summed E-state index contributed by atoms with van der Waals surface area (Å²) in [5.41, 5.74) is 2.26. The van der Waals surface area contributed by atoms with E-state index < -0.39 is 0 Å². The Bertz CT molecular complexity index is 960. The lowest BCUT2D eigenvalue weighted by Crippen LogP contribution is -2.05. The summed E-state index contributed by atoms with van der Waals surface area (Å²) in [6.45, 7) is 4.60. The highest BCUT2D eigenvalue weighted by Crippen LogP contribution is 2.35. The third-order valence-corrected chi connectivity index (χ3v) is 4.10. The fourth-order valence-corrected chi connectivity index (χ4v) is 2.96. The quantitative estimate of drug-likeness (QED) is 0.487. The molecule has 6 heteroatoms. The lowest BCUT2D eigenvalue weighted by Gasteiger charge is -2.12. The van der Waals surface area contributed by atoms with E-state index in [1.165, 1.54) is 0 Å². The zero-order valence-electron chi connectivity index (χ0n) is 14.3. The van der Waals surface area contributed by atoms with Crippen LogP contribution < -0.4 is 4.74 Å². The van der Waals surface area contributed by atoms with E-state index in [2.05, 4.69) is 11.1 Å². The van der Waals surface area contributed by atoms with Crippen LogP contribution in [-0.2, 0) is 0 Å². The van der Waals surface area contributed by atoms with Gasteiger partial charge in [-0.05, 0) is 41.8 Å². The molecule has 3 rings (SSSR count). The Kier molecular flexibility index (Phi) is 5.51. The monoisotopic (exact) mass is 386 g/mol. The second-order valence-corrected chi connectivity index (χ2v) is 6.99. The Balaban J connectivity index is 1.95. The summed E-state index contributed by atoms with van der Waals surface area (Å²) in [5.74, 6) is 1.05. The number of hydrogen-bond donors (Lipinski definition) is 0. The van der Waals surface area contributed by atoms with Gasteiger partial charge in [0.15, 0.2) is 11.3 Å². The van der Waals surface area contributed by atoms with Crippen molar-refractivity contribution in [1.29, 1.82) is 5.26 Å². The van der Waals surface area contributed by atoms with Crippen LogP contribution in [0.2, 0.25) is 10.0 Å². The number of nitriles is 1. The van der Waals surface area contributed by atoms with Crippen molar-refractivity contribution in [1.82, 2.24) is 4.98 Å². The van der Waals surface area contributed by atoms with Crippen molar-refractivity contribution < 1.29 is 9.15 Å². The van der Waals surface area contributed by atoms with Gasteiger partial charge in [0.2, 0.25) is 5.89 Å². The average Bonchev–Trinajstić information content (AvgIpc) is 3.02. The standard InChI is InChI=1S/C20H16Cl2N2O2/c1-12(2)11-25-19-15(21)8-13(9-16(19)22)7-14(10-23)20-24-17-5-3-4-6-18(17)26-20/h3-9,12H,11H2,1-2H3/b14-7+. The van der Waals surface area contributed by atoms with Crippen molar-refractivity contribution in [3.63, 3.8) is 0 Å². The van der Waals surface area contributed by atoms with Crippen LogP contribution in [0, 0.1) is 17.2 Å². The summed E-state index contributed by atoms with van der Waals surface area (Å²) < 4.78 is 11.3. The van der Waals surface area contributed by atoms with Gasteiger partial charge in [-0.1, -0.05) is 49.2 Å². The molecule has 1 aromatic heterocycles. The summed E-state index contributed by atoms with van der Waals surface area (Å²) in [5, 5.41) is 10.3. The van der Waals surface area contributed by atoms with Crippen LogP contribution in [0.5, 0.6) is 5.75 Å². The van der Waals surface area contributed by atoms with Gasteiger partial charge in [-0.25, -0.2) is 4.98 Å². The van der Waals surface area contributed by atoms with E-state index in [0.717, 1.165) is 0 Å². The first-order valence-electron chi connectivity index (χ1n) is 8.07. The molecule has 0 amide bonds. The molecule has 0 radical (unpaired) electrons. The number of ether oxygens (including phenoxy) is 1. The van der Waals surface area contributed by atoms with Crippen LogP contribution in [0.25, 0.3) is 22.7 Å². The predicted molar refractivity (Wildman–Crippen MR) is 104 cm³/mol. The number of oxazole rings is 1. The van der Waals surface area contributed by atoms with Crippen molar-refractivity contribution in [2.75, 3.05) is 6.61 Å². The number of para-hydroxylation sites is 2. The largest absolute Gasteiger partial charge is 0.490 e. The topological polar surface area (TPSA) is 59.0 Å². The fourth-order valence-electron chi connectivity index (χ4n) is 2.35. The van der Waals surface area contributed by atoms with E-state index in [1.54, 1.807) is 24.3 Å². The third-order valence-electron chi connectivity index (χ3n) is 3.54. The molecule has 26 heavy (non-hydrogen) atoms. The molecule has 0 saturated heterocycles. The molecule has 132 valence electrons. The number of nitrogens with zero attached hydrogens (tertiary/aromatic N) is 2. The number of rotatable bonds is 5. The van der Waals surface area contributed by atoms with E-state index in [0.29, 0.717) is 45.0 Å². The van der Waals surface area contributed by atoms with E-state index in [9.17, 15) is 5.26 Å². The van der Waals surface area contributed by atoms with Crippen molar-refractivity contribution in [3.8, 4) is 11.8 Å². The minimum Gasteiger partial charge on any atom is -0.490 e. The minimum atomic E-state index is 0.251. The number of allylic oxidation sites excluding steroid dienone is 1. The highest BCUT2D eigenvalue weighted by Gasteiger charge is 2.13. The minimum absolute atomic E-state index is 0.251. The smallest absolute Gasteiger partial charge is 0.238 e. The molecule has 0 aliphatic rings. The summed E-state index contributed by atoms with van der Waals surface area (Å²) >= 11 is 12.6. The molecule has 1 heterocycles. The number of fused-ring (bicyclic) bond motifs is 1. The lowest BCUT2D eigenvalue weighted by molar-refractivity contribution is 0.271. The van der Waals surface area contributed by atoms with Gasteiger partial charge in [0.05, 0.1) is 16.7 Å². The van der Waals surface area contributed by atoms with Crippen molar-refractivity contribution in [2.45, 2.75) is 13.8 Å². The molecule has 0 atom stereocenters. The van der Waals surface area contributed by atoms with Crippen molar-refractivity contribution in [3.05, 3.63) is 57.9 Å². The molecule has 0 spiro atoms. The van der Waals surface area contributed by atoms with Gasteiger partial charge in [0.1, 0.15) is 17.2 Å². The highest BCUT2D eigenvalue weighted by atomic mass is 35.5. The first-order valence-corrected chi connectivity index (χ1v) is 8.83. The number of hydrogen-bond acceptors (Lipinski definition) is 4. The predicted octanol–water partition coefficient (Wildman–Crippen LogP) is 6.23. The Morgan fingerprint density at radius 3 is 2.58 bits per heavy atom. The van der Waals surface area contributed by atoms with Crippen LogP contribution in [0.15, 0.2) is 40.8 Å². The van der Waals surface area contributed by atoms with Crippen molar-refractivity contribution >= 4 is 46.0 Å². The molecule has 2 aromatic carbocycles. The Morgan fingerprint density at radius 2 is 1.96 bits per heavy atom. The second-order valence-electron chi connectivity index (χ2n) is 6.18. The maximum absolute atomic E-state index is 9.50. The molecule has 0 N–H and O–H groups in total. The van der Waals surface area contributed by atoms with Gasteiger partial charge in [-0.2, -0.15) is 5.26 Å². The Hall–Kier alpha value is -2.48. The maximum Gasteiger partial charge on any atom is 0.238 e.